The Kier molecular flexibility index (Phi) is 6.19. The number of amides is 1. The quantitative estimate of drug-likeness (QED) is 0.544. The number of nitrogens with zero attached hydrogens (tertiary/aromatic N) is 3. The second-order valence-electron chi connectivity index (χ2n) is 7.32. The normalized spacial score (nSPS) is 20.2. The molecule has 1 amide bonds. The Bertz CT molecular complexity index is 1190. The predicted octanol–water partition coefficient (Wildman–Crippen LogP) is 1.82. The molecule has 2 heterocycles. The number of carbonyl (C=O) groups is 1. The van der Waals surface area contributed by atoms with Crippen LogP contribution in [0.5, 0.6) is 5.88 Å². The SMILES string of the molecule is CN1C(=N)N[C@](C)(c2cc(NC(=O)c3cnc(OCC(F)(F)F)cn3)ccc2F)CS1(=O)=O. The Hall–Kier alpha value is -3.49. The molecule has 1 aliphatic rings. The van der Waals surface area contributed by atoms with Crippen molar-refractivity contribution in [3.63, 3.8) is 0 Å². The van der Waals surface area contributed by atoms with Gasteiger partial charge in [0.15, 0.2) is 6.61 Å². The molecule has 178 valence electrons. The summed E-state index contributed by atoms with van der Waals surface area (Å²) >= 11 is 0. The summed E-state index contributed by atoms with van der Waals surface area (Å²) in [5.41, 5.74) is -1.77. The van der Waals surface area contributed by atoms with Gasteiger partial charge in [0.2, 0.25) is 21.9 Å². The summed E-state index contributed by atoms with van der Waals surface area (Å²) in [4.78, 5) is 19.7. The number of anilines is 1. The van der Waals surface area contributed by atoms with E-state index in [-0.39, 0.29) is 16.9 Å². The number of alkyl halides is 3. The third-order valence-corrected chi connectivity index (χ3v) is 6.62. The van der Waals surface area contributed by atoms with Gasteiger partial charge in [-0.15, -0.1) is 0 Å². The molecule has 0 unspecified atom stereocenters. The molecule has 0 saturated carbocycles. The number of aromatic nitrogens is 2. The molecule has 2 aromatic rings. The number of hydrogen-bond acceptors (Lipinski definition) is 7. The summed E-state index contributed by atoms with van der Waals surface area (Å²) in [5, 5.41) is 12.9. The maximum Gasteiger partial charge on any atom is 0.422 e. The van der Waals surface area contributed by atoms with Crippen molar-refractivity contribution in [1.29, 1.82) is 5.41 Å². The molecule has 1 saturated heterocycles. The molecule has 1 fully saturated rings. The molecule has 0 aliphatic carbocycles. The van der Waals surface area contributed by atoms with Crippen LogP contribution >= 0.6 is 0 Å². The average molecular weight is 490 g/mol. The van der Waals surface area contributed by atoms with Gasteiger partial charge in [-0.2, -0.15) is 13.2 Å². The molecule has 0 spiro atoms. The second-order valence-corrected chi connectivity index (χ2v) is 9.32. The van der Waals surface area contributed by atoms with Crippen LogP contribution in [-0.2, 0) is 15.6 Å². The maximum atomic E-state index is 14.6. The van der Waals surface area contributed by atoms with Gasteiger partial charge in [0.25, 0.3) is 5.91 Å². The third kappa shape index (κ3) is 5.47. The van der Waals surface area contributed by atoms with Gasteiger partial charge >= 0.3 is 6.18 Å². The topological polar surface area (TPSA) is 137 Å². The van der Waals surface area contributed by atoms with Crippen molar-refractivity contribution in [2.75, 3.05) is 24.7 Å². The van der Waals surface area contributed by atoms with E-state index in [2.05, 4.69) is 25.3 Å². The van der Waals surface area contributed by atoms with Crippen LogP contribution in [0.15, 0.2) is 30.6 Å². The van der Waals surface area contributed by atoms with Crippen LogP contribution < -0.4 is 15.4 Å². The summed E-state index contributed by atoms with van der Waals surface area (Å²) in [6, 6.07) is 3.46. The lowest BCUT2D eigenvalue weighted by Gasteiger charge is -2.40. The van der Waals surface area contributed by atoms with E-state index in [9.17, 15) is 30.8 Å². The second kappa shape index (κ2) is 8.46. The van der Waals surface area contributed by atoms with E-state index >= 15 is 0 Å². The summed E-state index contributed by atoms with van der Waals surface area (Å²) in [6.45, 7) is -0.164. The Labute approximate surface area is 185 Å². The van der Waals surface area contributed by atoms with E-state index in [1.165, 1.54) is 26.1 Å². The van der Waals surface area contributed by atoms with Crippen LogP contribution in [0.4, 0.5) is 23.2 Å². The van der Waals surface area contributed by atoms with Gasteiger partial charge in [-0.1, -0.05) is 0 Å². The minimum Gasteiger partial charge on any atom is -0.467 e. The third-order valence-electron chi connectivity index (χ3n) is 4.66. The first kappa shape index (κ1) is 24.2. The Morgan fingerprint density at radius 2 is 2.03 bits per heavy atom. The molecular formula is C18H18F4N6O4S. The van der Waals surface area contributed by atoms with Gasteiger partial charge in [-0.05, 0) is 25.1 Å². The smallest absolute Gasteiger partial charge is 0.422 e. The number of halogens is 4. The number of rotatable bonds is 5. The van der Waals surface area contributed by atoms with Crippen LogP contribution in [0, 0.1) is 11.2 Å². The van der Waals surface area contributed by atoms with E-state index in [0.29, 0.717) is 0 Å². The lowest BCUT2D eigenvalue weighted by Crippen LogP contribution is -2.61. The van der Waals surface area contributed by atoms with E-state index in [1.54, 1.807) is 0 Å². The van der Waals surface area contributed by atoms with Crippen molar-refractivity contribution in [3.05, 3.63) is 47.7 Å². The standard InChI is InChI=1S/C18H18F4N6O4S/c1-17(9-33(30,31)28(2)16(23)27-17)11-5-10(3-4-12(11)19)26-15(29)13-6-25-14(7-24-13)32-8-18(20,21)22/h3-7H,8-9H2,1-2H3,(H2,23,27)(H,26,29)/t17-/m0/s1. The Morgan fingerprint density at radius 3 is 2.61 bits per heavy atom. The summed E-state index contributed by atoms with van der Waals surface area (Å²) in [5.74, 6) is -2.98. The molecule has 10 nitrogen and oxygen atoms in total. The van der Waals surface area contributed by atoms with Crippen molar-refractivity contribution >= 4 is 27.6 Å². The molecule has 3 N–H and O–H groups in total. The van der Waals surface area contributed by atoms with E-state index in [0.717, 1.165) is 22.8 Å². The highest BCUT2D eigenvalue weighted by Gasteiger charge is 2.43. The molecule has 1 aliphatic heterocycles. The number of benzene rings is 1. The monoisotopic (exact) mass is 490 g/mol. The lowest BCUT2D eigenvalue weighted by molar-refractivity contribution is -0.154. The summed E-state index contributed by atoms with van der Waals surface area (Å²) in [6.07, 6.45) is -2.81. The fraction of sp³-hybridized carbons (Fsp3) is 0.333. The molecule has 15 heteroatoms. The molecule has 1 atom stereocenters. The van der Waals surface area contributed by atoms with E-state index in [4.69, 9.17) is 5.41 Å². The zero-order valence-electron chi connectivity index (χ0n) is 17.2. The highest BCUT2D eigenvalue weighted by molar-refractivity contribution is 7.89. The van der Waals surface area contributed by atoms with Crippen molar-refractivity contribution in [1.82, 2.24) is 19.6 Å². The predicted molar refractivity (Wildman–Crippen MR) is 108 cm³/mol. The van der Waals surface area contributed by atoms with Crippen LogP contribution in [-0.4, -0.2) is 60.1 Å². The fourth-order valence-electron chi connectivity index (χ4n) is 3.01. The molecule has 1 aromatic heterocycles. The zero-order chi connectivity index (χ0) is 24.6. The maximum absolute atomic E-state index is 14.6. The first-order chi connectivity index (χ1) is 15.2. The highest BCUT2D eigenvalue weighted by Crippen LogP contribution is 2.31. The number of carbonyl (C=O) groups excluding carboxylic acids is 1. The van der Waals surface area contributed by atoms with Crippen LogP contribution in [0.3, 0.4) is 0 Å². The van der Waals surface area contributed by atoms with Gasteiger partial charge in [0.1, 0.15) is 11.5 Å². The van der Waals surface area contributed by atoms with Crippen molar-refractivity contribution in [3.8, 4) is 5.88 Å². The van der Waals surface area contributed by atoms with Gasteiger partial charge in [0, 0.05) is 18.3 Å². The van der Waals surface area contributed by atoms with Crippen LogP contribution in [0.1, 0.15) is 23.0 Å². The minimum atomic E-state index is -4.56. The first-order valence-electron chi connectivity index (χ1n) is 9.16. The number of hydrogen-bond donors (Lipinski definition) is 3. The number of sulfonamides is 1. The molecule has 0 bridgehead atoms. The van der Waals surface area contributed by atoms with Gasteiger partial charge in [-0.3, -0.25) is 10.2 Å². The lowest BCUT2D eigenvalue weighted by atomic mass is 9.93. The zero-order valence-corrected chi connectivity index (χ0v) is 18.0. The first-order valence-corrected chi connectivity index (χ1v) is 10.8. The van der Waals surface area contributed by atoms with Crippen molar-refractivity contribution in [2.45, 2.75) is 18.6 Å². The molecule has 0 radical (unpaired) electrons. The average Bonchev–Trinajstić information content (AvgIpc) is 2.71. The molecule has 33 heavy (non-hydrogen) atoms. The van der Waals surface area contributed by atoms with Gasteiger partial charge < -0.3 is 15.4 Å². The summed E-state index contributed by atoms with van der Waals surface area (Å²) in [7, 11) is -2.70. The van der Waals surface area contributed by atoms with Crippen molar-refractivity contribution in [2.24, 2.45) is 0 Å². The van der Waals surface area contributed by atoms with Crippen LogP contribution in [0.25, 0.3) is 0 Å². The highest BCUT2D eigenvalue weighted by atomic mass is 32.2. The minimum absolute atomic E-state index is 0.0847. The fourth-order valence-corrected chi connectivity index (χ4v) is 4.48. The Morgan fingerprint density at radius 1 is 1.33 bits per heavy atom. The molecule has 1 aromatic carbocycles. The molecule has 3 rings (SSSR count). The summed E-state index contributed by atoms with van der Waals surface area (Å²) < 4.78 is 80.9. The van der Waals surface area contributed by atoms with E-state index in [1.807, 2.05) is 0 Å². The number of ether oxygens (including phenoxy) is 1. The van der Waals surface area contributed by atoms with E-state index < -0.39 is 57.7 Å². The van der Waals surface area contributed by atoms with Gasteiger partial charge in [0.05, 0.1) is 23.7 Å². The van der Waals surface area contributed by atoms with Gasteiger partial charge in [-0.25, -0.2) is 27.1 Å². The molecular weight excluding hydrogens is 472 g/mol. The number of nitrogens with one attached hydrogen (secondary N) is 3. The number of guanidine groups is 1. The van der Waals surface area contributed by atoms with Crippen LogP contribution in [0.2, 0.25) is 0 Å². The largest absolute Gasteiger partial charge is 0.467 e. The Balaban J connectivity index is 1.79. The van der Waals surface area contributed by atoms with Crippen molar-refractivity contribution < 1.29 is 35.5 Å².